The minimum atomic E-state index is -0.630. The molecule has 0 fully saturated rings. The average Bonchev–Trinajstić information content (AvgIpc) is 2.59. The summed E-state index contributed by atoms with van der Waals surface area (Å²) in [5.74, 6) is 0. The lowest BCUT2D eigenvalue weighted by Crippen LogP contribution is -1.90. The van der Waals surface area contributed by atoms with Gasteiger partial charge >= 0.3 is 5.69 Å². The van der Waals surface area contributed by atoms with E-state index in [1.165, 1.54) is 0 Å². The number of nitrogens with zero attached hydrogens (tertiary/aromatic N) is 3. The molecule has 0 atom stereocenters. The molecule has 72 valence electrons. The summed E-state index contributed by atoms with van der Waals surface area (Å²) in [5.41, 5.74) is -0.203. The monoisotopic (exact) mass is 233 g/mol. The standard InChI is InChI=1S/C6HCl2N3O3/c7-2-1-3(11(12)13)5-6(4(2)8)10-14-9-5/h1H. The number of nitro benzene ring substituents is 1. The summed E-state index contributed by atoms with van der Waals surface area (Å²) in [6.07, 6.45) is 0. The minimum Gasteiger partial charge on any atom is -0.258 e. The topological polar surface area (TPSA) is 82.1 Å². The van der Waals surface area contributed by atoms with Gasteiger partial charge in [-0.2, -0.15) is 0 Å². The van der Waals surface area contributed by atoms with E-state index in [4.69, 9.17) is 23.2 Å². The van der Waals surface area contributed by atoms with E-state index in [1.807, 2.05) is 0 Å². The highest BCUT2D eigenvalue weighted by atomic mass is 35.5. The maximum atomic E-state index is 10.6. The molecule has 8 heteroatoms. The van der Waals surface area contributed by atoms with Crippen molar-refractivity contribution in [1.29, 1.82) is 0 Å². The lowest BCUT2D eigenvalue weighted by Gasteiger charge is -1.95. The van der Waals surface area contributed by atoms with Crippen LogP contribution in [0.5, 0.6) is 0 Å². The molecule has 0 unspecified atom stereocenters. The van der Waals surface area contributed by atoms with Gasteiger partial charge < -0.3 is 0 Å². The van der Waals surface area contributed by atoms with E-state index < -0.39 is 4.92 Å². The Kier molecular flexibility index (Phi) is 2.01. The van der Waals surface area contributed by atoms with Crippen molar-refractivity contribution in [2.75, 3.05) is 0 Å². The quantitative estimate of drug-likeness (QED) is 0.558. The molecular weight excluding hydrogens is 233 g/mol. The first-order valence-corrected chi connectivity index (χ1v) is 4.11. The van der Waals surface area contributed by atoms with Gasteiger partial charge in [-0.1, -0.05) is 23.2 Å². The molecule has 0 spiro atoms. The molecule has 0 aliphatic carbocycles. The summed E-state index contributed by atoms with van der Waals surface area (Å²) in [5, 5.41) is 17.5. The maximum absolute atomic E-state index is 10.6. The lowest BCUT2D eigenvalue weighted by molar-refractivity contribution is -0.383. The van der Waals surface area contributed by atoms with Crippen LogP contribution in [0.3, 0.4) is 0 Å². The van der Waals surface area contributed by atoms with Crippen molar-refractivity contribution in [2.24, 2.45) is 0 Å². The molecule has 1 aromatic carbocycles. The van der Waals surface area contributed by atoms with Crippen LogP contribution in [0.2, 0.25) is 10.0 Å². The van der Waals surface area contributed by atoms with Gasteiger partial charge in [-0.05, 0) is 10.3 Å². The second-order valence-electron chi connectivity index (χ2n) is 2.41. The fourth-order valence-electron chi connectivity index (χ4n) is 1.00. The summed E-state index contributed by atoms with van der Waals surface area (Å²) in [6, 6.07) is 1.11. The molecule has 0 aliphatic rings. The highest BCUT2D eigenvalue weighted by Crippen LogP contribution is 2.34. The molecule has 0 saturated heterocycles. The van der Waals surface area contributed by atoms with Gasteiger partial charge in [-0.15, -0.1) is 0 Å². The first kappa shape index (κ1) is 9.17. The predicted molar refractivity (Wildman–Crippen MR) is 48.5 cm³/mol. The zero-order valence-electron chi connectivity index (χ0n) is 6.40. The van der Waals surface area contributed by atoms with Gasteiger partial charge in [0.1, 0.15) is 0 Å². The van der Waals surface area contributed by atoms with Gasteiger partial charge in [0, 0.05) is 6.07 Å². The zero-order chi connectivity index (χ0) is 10.3. The van der Waals surface area contributed by atoms with Crippen LogP contribution in [0.15, 0.2) is 10.7 Å². The fourth-order valence-corrected chi connectivity index (χ4v) is 1.38. The Hall–Kier alpha value is -1.40. The molecule has 0 bridgehead atoms. The van der Waals surface area contributed by atoms with Crippen molar-refractivity contribution in [3.63, 3.8) is 0 Å². The van der Waals surface area contributed by atoms with Crippen LogP contribution in [0, 0.1) is 10.1 Å². The van der Waals surface area contributed by atoms with Gasteiger partial charge in [0.05, 0.1) is 15.0 Å². The van der Waals surface area contributed by atoms with Crippen molar-refractivity contribution in [1.82, 2.24) is 10.3 Å². The van der Waals surface area contributed by atoms with Gasteiger partial charge in [-0.25, -0.2) is 4.63 Å². The fraction of sp³-hybridized carbons (Fsp3) is 0. The van der Waals surface area contributed by atoms with Crippen molar-refractivity contribution in [3.8, 4) is 0 Å². The molecule has 0 saturated carbocycles. The average molecular weight is 234 g/mol. The third-order valence-corrected chi connectivity index (χ3v) is 2.39. The van der Waals surface area contributed by atoms with E-state index in [1.54, 1.807) is 0 Å². The van der Waals surface area contributed by atoms with E-state index >= 15 is 0 Å². The Morgan fingerprint density at radius 3 is 2.64 bits per heavy atom. The number of aromatic nitrogens is 2. The van der Waals surface area contributed by atoms with Crippen LogP contribution in [0.1, 0.15) is 0 Å². The second-order valence-corrected chi connectivity index (χ2v) is 3.20. The first-order chi connectivity index (χ1) is 6.61. The Balaban J connectivity index is 2.91. The Morgan fingerprint density at radius 2 is 2.00 bits per heavy atom. The second kappa shape index (κ2) is 3.07. The van der Waals surface area contributed by atoms with E-state index in [2.05, 4.69) is 14.9 Å². The number of halogens is 2. The van der Waals surface area contributed by atoms with E-state index in [-0.39, 0.29) is 26.8 Å². The van der Waals surface area contributed by atoms with Crippen LogP contribution in [0.4, 0.5) is 5.69 Å². The third kappa shape index (κ3) is 1.19. The van der Waals surface area contributed by atoms with Crippen molar-refractivity contribution < 1.29 is 9.55 Å². The van der Waals surface area contributed by atoms with Crippen LogP contribution in [-0.2, 0) is 0 Å². The molecular formula is C6HCl2N3O3. The Morgan fingerprint density at radius 1 is 1.36 bits per heavy atom. The van der Waals surface area contributed by atoms with Crippen molar-refractivity contribution >= 4 is 39.9 Å². The summed E-state index contributed by atoms with van der Waals surface area (Å²) in [6.45, 7) is 0. The largest absolute Gasteiger partial charge is 0.302 e. The van der Waals surface area contributed by atoms with Crippen molar-refractivity contribution in [2.45, 2.75) is 0 Å². The SMILES string of the molecule is O=[N+]([O-])c1cc(Cl)c(Cl)c2nonc12. The molecule has 1 heterocycles. The lowest BCUT2D eigenvalue weighted by atomic mass is 10.2. The number of non-ortho nitro benzene ring substituents is 1. The highest BCUT2D eigenvalue weighted by molar-refractivity contribution is 6.45. The molecule has 2 rings (SSSR count). The van der Waals surface area contributed by atoms with Crippen molar-refractivity contribution in [3.05, 3.63) is 26.2 Å². The third-order valence-electron chi connectivity index (χ3n) is 1.61. The molecule has 14 heavy (non-hydrogen) atoms. The zero-order valence-corrected chi connectivity index (χ0v) is 7.91. The molecule has 6 nitrogen and oxygen atoms in total. The smallest absolute Gasteiger partial charge is 0.258 e. The summed E-state index contributed by atoms with van der Waals surface area (Å²) in [4.78, 5) is 9.94. The normalized spacial score (nSPS) is 10.7. The van der Waals surface area contributed by atoms with Gasteiger partial charge in [0.25, 0.3) is 0 Å². The van der Waals surface area contributed by atoms with Crippen LogP contribution in [-0.4, -0.2) is 15.2 Å². The first-order valence-electron chi connectivity index (χ1n) is 3.36. The van der Waals surface area contributed by atoms with Gasteiger partial charge in [0.2, 0.25) is 5.52 Å². The van der Waals surface area contributed by atoms with E-state index in [0.717, 1.165) is 6.07 Å². The Bertz CT molecular complexity index is 524. The van der Waals surface area contributed by atoms with Gasteiger partial charge in [-0.3, -0.25) is 10.1 Å². The molecule has 0 N–H and O–H groups in total. The summed E-state index contributed by atoms with van der Waals surface area (Å²) < 4.78 is 4.34. The molecule has 0 aliphatic heterocycles. The molecule has 0 radical (unpaired) electrons. The minimum absolute atomic E-state index is 0.00981. The number of hydrogen-bond donors (Lipinski definition) is 0. The Labute approximate surface area is 86.5 Å². The number of nitro groups is 1. The van der Waals surface area contributed by atoms with Crippen LogP contribution < -0.4 is 0 Å². The maximum Gasteiger partial charge on any atom is 0.302 e. The van der Waals surface area contributed by atoms with Crippen LogP contribution >= 0.6 is 23.2 Å². The van der Waals surface area contributed by atoms with Gasteiger partial charge in [0.15, 0.2) is 5.52 Å². The molecule has 0 amide bonds. The molecule has 2 aromatic rings. The predicted octanol–water partition coefficient (Wildman–Crippen LogP) is 2.44. The highest BCUT2D eigenvalue weighted by Gasteiger charge is 2.21. The summed E-state index contributed by atoms with van der Waals surface area (Å²) >= 11 is 11.4. The number of fused-ring (bicyclic) bond motifs is 1. The number of benzene rings is 1. The number of hydrogen-bond acceptors (Lipinski definition) is 5. The number of rotatable bonds is 1. The van der Waals surface area contributed by atoms with E-state index in [0.29, 0.717) is 0 Å². The van der Waals surface area contributed by atoms with Crippen LogP contribution in [0.25, 0.3) is 11.0 Å². The molecule has 1 aromatic heterocycles. The van der Waals surface area contributed by atoms with E-state index in [9.17, 15) is 10.1 Å². The summed E-state index contributed by atoms with van der Waals surface area (Å²) in [7, 11) is 0.